The molecule has 0 aromatic carbocycles. The summed E-state index contributed by atoms with van der Waals surface area (Å²) >= 11 is 0. The highest BCUT2D eigenvalue weighted by Gasteiger charge is 2.20. The van der Waals surface area contributed by atoms with Gasteiger partial charge in [-0.15, -0.1) is 0 Å². The molecule has 108 valence electrons. The molecule has 0 bridgehead atoms. The van der Waals surface area contributed by atoms with Crippen LogP contribution in [-0.2, 0) is 13.0 Å². The van der Waals surface area contributed by atoms with E-state index in [0.29, 0.717) is 0 Å². The third-order valence-corrected chi connectivity index (χ3v) is 3.30. The normalized spacial score (nSPS) is 12.6. The van der Waals surface area contributed by atoms with E-state index in [1.54, 1.807) is 12.4 Å². The van der Waals surface area contributed by atoms with Crippen LogP contribution in [0.5, 0.6) is 0 Å². The Bertz CT molecular complexity index is 520. The Morgan fingerprint density at radius 1 is 1.25 bits per heavy atom. The maximum Gasteiger partial charge on any atom is 0.0937 e. The zero-order valence-electron chi connectivity index (χ0n) is 12.5. The van der Waals surface area contributed by atoms with Gasteiger partial charge in [0, 0.05) is 18.9 Å². The molecule has 0 radical (unpaired) electrons. The minimum atomic E-state index is 0.0522. The van der Waals surface area contributed by atoms with Crippen molar-refractivity contribution in [3.8, 4) is 0 Å². The molecule has 20 heavy (non-hydrogen) atoms. The van der Waals surface area contributed by atoms with Crippen LogP contribution in [0.2, 0.25) is 0 Å². The summed E-state index contributed by atoms with van der Waals surface area (Å²) in [7, 11) is 0. The predicted octanol–water partition coefficient (Wildman–Crippen LogP) is 2.34. The lowest BCUT2D eigenvalue weighted by Gasteiger charge is -2.18. The van der Waals surface area contributed by atoms with Gasteiger partial charge in [0.05, 0.1) is 29.3 Å². The van der Waals surface area contributed by atoms with Crippen molar-refractivity contribution >= 4 is 0 Å². The first-order chi connectivity index (χ1) is 9.80. The van der Waals surface area contributed by atoms with Crippen LogP contribution in [0.15, 0.2) is 24.7 Å². The minimum absolute atomic E-state index is 0.0522. The second-order valence-electron chi connectivity index (χ2n) is 4.75. The SMILES string of the molecule is CCCNC(c1cnccn1)c1cc(CC)nn1CC. The van der Waals surface area contributed by atoms with E-state index in [-0.39, 0.29) is 6.04 Å². The Labute approximate surface area is 120 Å². The molecule has 0 aliphatic rings. The van der Waals surface area contributed by atoms with Crippen LogP contribution in [0.25, 0.3) is 0 Å². The van der Waals surface area contributed by atoms with Crippen molar-refractivity contribution in [2.75, 3.05) is 6.54 Å². The van der Waals surface area contributed by atoms with Gasteiger partial charge in [0.2, 0.25) is 0 Å². The average molecular weight is 273 g/mol. The maximum absolute atomic E-state index is 4.63. The fourth-order valence-corrected chi connectivity index (χ4v) is 2.25. The van der Waals surface area contributed by atoms with Gasteiger partial charge < -0.3 is 5.32 Å². The predicted molar refractivity (Wildman–Crippen MR) is 79.4 cm³/mol. The summed E-state index contributed by atoms with van der Waals surface area (Å²) in [6.45, 7) is 8.21. The summed E-state index contributed by atoms with van der Waals surface area (Å²) in [5.74, 6) is 0. The fraction of sp³-hybridized carbons (Fsp3) is 0.533. The number of rotatable bonds is 7. The molecule has 2 heterocycles. The van der Waals surface area contributed by atoms with E-state index >= 15 is 0 Å². The van der Waals surface area contributed by atoms with Gasteiger partial charge in [0.1, 0.15) is 0 Å². The molecule has 1 N–H and O–H groups in total. The Morgan fingerprint density at radius 3 is 2.70 bits per heavy atom. The Hall–Kier alpha value is -1.75. The Kier molecular flexibility index (Phi) is 5.24. The van der Waals surface area contributed by atoms with E-state index in [1.165, 1.54) is 5.69 Å². The molecule has 0 saturated carbocycles. The van der Waals surface area contributed by atoms with Crippen LogP contribution in [-0.4, -0.2) is 26.3 Å². The summed E-state index contributed by atoms with van der Waals surface area (Å²) in [5.41, 5.74) is 3.23. The van der Waals surface area contributed by atoms with Crippen LogP contribution >= 0.6 is 0 Å². The number of aryl methyl sites for hydroxylation is 2. The van der Waals surface area contributed by atoms with Crippen LogP contribution in [0, 0.1) is 0 Å². The standard InChI is InChI=1S/C15H23N5/c1-4-7-18-15(13-11-16-8-9-17-13)14-10-12(5-2)19-20(14)6-3/h8-11,15,18H,4-7H2,1-3H3. The first-order valence-corrected chi connectivity index (χ1v) is 7.36. The maximum atomic E-state index is 4.63. The quantitative estimate of drug-likeness (QED) is 0.841. The third-order valence-electron chi connectivity index (χ3n) is 3.30. The van der Waals surface area contributed by atoms with Crippen molar-refractivity contribution in [2.45, 2.75) is 46.2 Å². The molecule has 2 aromatic heterocycles. The monoisotopic (exact) mass is 273 g/mol. The summed E-state index contributed by atoms with van der Waals surface area (Å²) in [4.78, 5) is 8.64. The van der Waals surface area contributed by atoms with Gasteiger partial charge in [-0.25, -0.2) is 0 Å². The zero-order valence-corrected chi connectivity index (χ0v) is 12.5. The van der Waals surface area contributed by atoms with E-state index < -0.39 is 0 Å². The number of nitrogens with one attached hydrogen (secondary N) is 1. The molecular weight excluding hydrogens is 250 g/mol. The van der Waals surface area contributed by atoms with Crippen molar-refractivity contribution in [2.24, 2.45) is 0 Å². The molecule has 0 fully saturated rings. The van der Waals surface area contributed by atoms with Crippen molar-refractivity contribution in [1.29, 1.82) is 0 Å². The fourth-order valence-electron chi connectivity index (χ4n) is 2.25. The van der Waals surface area contributed by atoms with Gasteiger partial charge in [-0.1, -0.05) is 13.8 Å². The summed E-state index contributed by atoms with van der Waals surface area (Å²) in [6.07, 6.45) is 7.29. The molecule has 0 saturated heterocycles. The van der Waals surface area contributed by atoms with E-state index in [0.717, 1.165) is 37.3 Å². The van der Waals surface area contributed by atoms with Crippen LogP contribution in [0.4, 0.5) is 0 Å². The van der Waals surface area contributed by atoms with Crippen molar-refractivity contribution in [1.82, 2.24) is 25.1 Å². The summed E-state index contributed by atoms with van der Waals surface area (Å²) in [6, 6.07) is 2.22. The lowest BCUT2D eigenvalue weighted by Crippen LogP contribution is -2.26. The third kappa shape index (κ3) is 3.22. The molecule has 5 nitrogen and oxygen atoms in total. The second kappa shape index (κ2) is 7.14. The molecule has 5 heteroatoms. The van der Waals surface area contributed by atoms with Gasteiger partial charge in [-0.05, 0) is 32.4 Å². The van der Waals surface area contributed by atoms with Gasteiger partial charge in [-0.2, -0.15) is 5.10 Å². The molecule has 2 aromatic rings. The molecule has 1 unspecified atom stereocenters. The van der Waals surface area contributed by atoms with Gasteiger partial charge in [0.25, 0.3) is 0 Å². The molecule has 0 spiro atoms. The van der Waals surface area contributed by atoms with E-state index in [1.807, 2.05) is 6.20 Å². The van der Waals surface area contributed by atoms with E-state index in [2.05, 4.69) is 51.9 Å². The largest absolute Gasteiger partial charge is 0.304 e. The molecule has 0 amide bonds. The van der Waals surface area contributed by atoms with Gasteiger partial charge >= 0.3 is 0 Å². The second-order valence-corrected chi connectivity index (χ2v) is 4.75. The lowest BCUT2D eigenvalue weighted by atomic mass is 10.1. The highest BCUT2D eigenvalue weighted by Crippen LogP contribution is 2.21. The van der Waals surface area contributed by atoms with E-state index in [4.69, 9.17) is 0 Å². The molecule has 2 rings (SSSR count). The van der Waals surface area contributed by atoms with Gasteiger partial charge in [-0.3, -0.25) is 14.6 Å². The molecular formula is C15H23N5. The highest BCUT2D eigenvalue weighted by atomic mass is 15.3. The van der Waals surface area contributed by atoms with Crippen LogP contribution in [0.1, 0.15) is 50.3 Å². The summed E-state index contributed by atoms with van der Waals surface area (Å²) < 4.78 is 2.06. The van der Waals surface area contributed by atoms with Crippen molar-refractivity contribution in [3.63, 3.8) is 0 Å². The number of aromatic nitrogens is 4. The highest BCUT2D eigenvalue weighted by molar-refractivity contribution is 5.23. The topological polar surface area (TPSA) is 55.6 Å². The van der Waals surface area contributed by atoms with E-state index in [9.17, 15) is 0 Å². The molecule has 1 atom stereocenters. The Balaban J connectivity index is 2.38. The first kappa shape index (κ1) is 14.7. The smallest absolute Gasteiger partial charge is 0.0937 e. The average Bonchev–Trinajstić information content (AvgIpc) is 2.92. The minimum Gasteiger partial charge on any atom is -0.304 e. The van der Waals surface area contributed by atoms with Crippen molar-refractivity contribution in [3.05, 3.63) is 41.7 Å². The Morgan fingerprint density at radius 2 is 2.10 bits per heavy atom. The number of nitrogens with zero attached hydrogens (tertiary/aromatic N) is 4. The van der Waals surface area contributed by atoms with Crippen LogP contribution in [0.3, 0.4) is 0 Å². The first-order valence-electron chi connectivity index (χ1n) is 7.36. The lowest BCUT2D eigenvalue weighted by molar-refractivity contribution is 0.519. The summed E-state index contributed by atoms with van der Waals surface area (Å²) in [5, 5.41) is 8.18. The zero-order chi connectivity index (χ0) is 14.4. The number of hydrogen-bond donors (Lipinski definition) is 1. The van der Waals surface area contributed by atoms with Gasteiger partial charge in [0.15, 0.2) is 0 Å². The molecule has 0 aliphatic carbocycles. The van der Waals surface area contributed by atoms with Crippen LogP contribution < -0.4 is 5.32 Å². The van der Waals surface area contributed by atoms with Crippen molar-refractivity contribution < 1.29 is 0 Å². The number of hydrogen-bond acceptors (Lipinski definition) is 4. The molecule has 0 aliphatic heterocycles.